The third-order valence-electron chi connectivity index (χ3n) is 5.54. The molecule has 30 heavy (non-hydrogen) atoms. The zero-order valence-corrected chi connectivity index (χ0v) is 17.7. The largest absolute Gasteiger partial charge is 0.337 e. The number of likely N-dealkylation sites (tertiary alicyclic amines) is 1. The van der Waals surface area contributed by atoms with E-state index in [9.17, 15) is 9.59 Å². The van der Waals surface area contributed by atoms with Crippen LogP contribution in [-0.2, 0) is 0 Å². The zero-order valence-electron chi connectivity index (χ0n) is 16.8. The molecule has 0 aliphatic carbocycles. The summed E-state index contributed by atoms with van der Waals surface area (Å²) in [7, 11) is 0. The SMILES string of the molecule is Cl.O=C(Nc1ccccc1)Nc1ccc(C(=O)N2CCC(N3CCNCC3)C2)cc1. The molecule has 3 N–H and O–H groups in total. The standard InChI is InChI=1S/C22H27N5O2.ClH/c28-21(27-13-10-20(16-27)26-14-11-23-12-15-26)17-6-8-19(9-7-17)25-22(29)24-18-4-2-1-3-5-18;/h1-9,20,23H,10-16H2,(H2,24,25,29);1H. The Morgan fingerprint density at radius 2 is 1.50 bits per heavy atom. The van der Waals surface area contributed by atoms with Gasteiger partial charge in [-0.1, -0.05) is 18.2 Å². The molecule has 0 bridgehead atoms. The van der Waals surface area contributed by atoms with Crippen molar-refractivity contribution >= 4 is 35.7 Å². The molecule has 2 aliphatic rings. The lowest BCUT2D eigenvalue weighted by Crippen LogP contribution is -2.49. The lowest BCUT2D eigenvalue weighted by Gasteiger charge is -2.32. The monoisotopic (exact) mass is 429 g/mol. The van der Waals surface area contributed by atoms with Crippen LogP contribution in [0.5, 0.6) is 0 Å². The molecule has 2 fully saturated rings. The van der Waals surface area contributed by atoms with Gasteiger partial charge in [0.2, 0.25) is 0 Å². The molecule has 2 heterocycles. The number of anilines is 2. The fourth-order valence-corrected chi connectivity index (χ4v) is 3.97. The number of hydrogen-bond acceptors (Lipinski definition) is 4. The number of halogens is 1. The average Bonchev–Trinajstić information content (AvgIpc) is 3.25. The van der Waals surface area contributed by atoms with Gasteiger partial charge in [-0.15, -0.1) is 12.4 Å². The predicted molar refractivity (Wildman–Crippen MR) is 122 cm³/mol. The summed E-state index contributed by atoms with van der Waals surface area (Å²) >= 11 is 0. The van der Waals surface area contributed by atoms with E-state index in [1.54, 1.807) is 24.3 Å². The van der Waals surface area contributed by atoms with Crippen molar-refractivity contribution in [3.05, 3.63) is 60.2 Å². The maximum absolute atomic E-state index is 12.8. The summed E-state index contributed by atoms with van der Waals surface area (Å²) in [5.74, 6) is 0.0583. The molecule has 1 atom stereocenters. The molecule has 2 aromatic carbocycles. The van der Waals surface area contributed by atoms with Gasteiger partial charge in [0.15, 0.2) is 0 Å². The number of amides is 3. The van der Waals surface area contributed by atoms with Gasteiger partial charge < -0.3 is 20.9 Å². The van der Waals surface area contributed by atoms with Crippen molar-refractivity contribution < 1.29 is 9.59 Å². The first-order valence-corrected chi connectivity index (χ1v) is 10.2. The first kappa shape index (κ1) is 22.1. The number of benzene rings is 2. The number of hydrogen-bond donors (Lipinski definition) is 3. The number of carbonyl (C=O) groups excluding carboxylic acids is 2. The second-order valence-corrected chi connectivity index (χ2v) is 7.50. The van der Waals surface area contributed by atoms with Crippen molar-refractivity contribution in [1.29, 1.82) is 0 Å². The molecule has 3 amide bonds. The number of carbonyl (C=O) groups is 2. The summed E-state index contributed by atoms with van der Waals surface area (Å²) in [5.41, 5.74) is 2.03. The number of rotatable bonds is 4. The molecule has 0 aromatic heterocycles. The lowest BCUT2D eigenvalue weighted by molar-refractivity contribution is 0.0773. The fourth-order valence-electron chi connectivity index (χ4n) is 3.97. The first-order chi connectivity index (χ1) is 14.2. The molecule has 4 rings (SSSR count). The molecule has 0 saturated carbocycles. The maximum Gasteiger partial charge on any atom is 0.323 e. The Morgan fingerprint density at radius 3 is 2.17 bits per heavy atom. The Morgan fingerprint density at radius 1 is 0.867 bits per heavy atom. The van der Waals surface area contributed by atoms with E-state index < -0.39 is 0 Å². The molecule has 0 spiro atoms. The third kappa shape index (κ3) is 5.50. The van der Waals surface area contributed by atoms with Crippen molar-refractivity contribution in [3.63, 3.8) is 0 Å². The van der Waals surface area contributed by atoms with Gasteiger partial charge in [0.1, 0.15) is 0 Å². The summed E-state index contributed by atoms with van der Waals surface area (Å²) in [4.78, 5) is 29.4. The second-order valence-electron chi connectivity index (χ2n) is 7.50. The topological polar surface area (TPSA) is 76.7 Å². The van der Waals surface area contributed by atoms with Gasteiger partial charge in [-0.3, -0.25) is 9.69 Å². The summed E-state index contributed by atoms with van der Waals surface area (Å²) in [6.07, 6.45) is 1.03. The molecular weight excluding hydrogens is 402 g/mol. The van der Waals surface area contributed by atoms with Gasteiger partial charge in [-0.25, -0.2) is 4.79 Å². The number of piperazine rings is 1. The van der Waals surface area contributed by atoms with Crippen LogP contribution in [0.25, 0.3) is 0 Å². The molecule has 7 nitrogen and oxygen atoms in total. The van der Waals surface area contributed by atoms with E-state index in [0.717, 1.165) is 51.4 Å². The third-order valence-corrected chi connectivity index (χ3v) is 5.54. The Bertz CT molecular complexity index is 840. The molecule has 2 aromatic rings. The van der Waals surface area contributed by atoms with E-state index in [-0.39, 0.29) is 24.3 Å². The highest BCUT2D eigenvalue weighted by Gasteiger charge is 2.31. The first-order valence-electron chi connectivity index (χ1n) is 10.2. The van der Waals surface area contributed by atoms with Crippen molar-refractivity contribution in [3.8, 4) is 0 Å². The summed E-state index contributed by atoms with van der Waals surface area (Å²) in [6, 6.07) is 16.5. The Kier molecular flexibility index (Phi) is 7.68. The van der Waals surface area contributed by atoms with E-state index in [4.69, 9.17) is 0 Å². The second kappa shape index (κ2) is 10.4. The Labute approximate surface area is 183 Å². The van der Waals surface area contributed by atoms with Crippen LogP contribution >= 0.6 is 12.4 Å². The zero-order chi connectivity index (χ0) is 20.1. The van der Waals surface area contributed by atoms with E-state index >= 15 is 0 Å². The van der Waals surface area contributed by atoms with Crippen LogP contribution < -0.4 is 16.0 Å². The van der Waals surface area contributed by atoms with Gasteiger partial charge >= 0.3 is 6.03 Å². The van der Waals surface area contributed by atoms with Crippen LogP contribution in [0.2, 0.25) is 0 Å². The Balaban J connectivity index is 0.00000256. The molecule has 1 unspecified atom stereocenters. The number of para-hydroxylation sites is 1. The lowest BCUT2D eigenvalue weighted by atomic mass is 10.2. The summed E-state index contributed by atoms with van der Waals surface area (Å²) < 4.78 is 0. The van der Waals surface area contributed by atoms with Crippen LogP contribution in [0.3, 0.4) is 0 Å². The van der Waals surface area contributed by atoms with E-state index in [1.807, 2.05) is 35.2 Å². The van der Waals surface area contributed by atoms with E-state index in [1.165, 1.54) is 0 Å². The van der Waals surface area contributed by atoms with E-state index in [0.29, 0.717) is 17.3 Å². The number of urea groups is 1. The minimum absolute atomic E-state index is 0. The van der Waals surface area contributed by atoms with Crippen molar-refractivity contribution in [2.24, 2.45) is 0 Å². The van der Waals surface area contributed by atoms with Gasteiger partial charge in [-0.05, 0) is 42.8 Å². The van der Waals surface area contributed by atoms with Crippen molar-refractivity contribution in [2.75, 3.05) is 49.9 Å². The predicted octanol–water partition coefficient (Wildman–Crippen LogP) is 2.87. The van der Waals surface area contributed by atoms with E-state index in [2.05, 4.69) is 20.9 Å². The van der Waals surface area contributed by atoms with Crippen LogP contribution in [0.4, 0.5) is 16.2 Å². The molecule has 8 heteroatoms. The average molecular weight is 430 g/mol. The number of nitrogens with zero attached hydrogens (tertiary/aromatic N) is 2. The molecule has 0 radical (unpaired) electrons. The Hall–Kier alpha value is -2.61. The maximum atomic E-state index is 12.8. The fraction of sp³-hybridized carbons (Fsp3) is 0.364. The smallest absolute Gasteiger partial charge is 0.323 e. The van der Waals surface area contributed by atoms with Crippen LogP contribution in [-0.4, -0.2) is 67.0 Å². The molecule has 2 aliphatic heterocycles. The van der Waals surface area contributed by atoms with Crippen molar-refractivity contribution in [1.82, 2.24) is 15.1 Å². The van der Waals surface area contributed by atoms with Gasteiger partial charge in [0, 0.05) is 62.2 Å². The van der Waals surface area contributed by atoms with Gasteiger partial charge in [-0.2, -0.15) is 0 Å². The number of nitrogens with one attached hydrogen (secondary N) is 3. The minimum atomic E-state index is -0.311. The summed E-state index contributed by atoms with van der Waals surface area (Å²) in [5, 5.41) is 8.94. The van der Waals surface area contributed by atoms with Crippen molar-refractivity contribution in [2.45, 2.75) is 12.5 Å². The molecule has 2 saturated heterocycles. The molecular formula is C22H28ClN5O2. The van der Waals surface area contributed by atoms with Crippen LogP contribution in [0, 0.1) is 0 Å². The summed E-state index contributed by atoms with van der Waals surface area (Å²) in [6.45, 7) is 5.75. The minimum Gasteiger partial charge on any atom is -0.337 e. The molecule has 160 valence electrons. The van der Waals surface area contributed by atoms with Crippen LogP contribution in [0.15, 0.2) is 54.6 Å². The van der Waals surface area contributed by atoms with Gasteiger partial charge in [0.25, 0.3) is 5.91 Å². The highest BCUT2D eigenvalue weighted by molar-refractivity contribution is 6.00. The highest BCUT2D eigenvalue weighted by atomic mass is 35.5. The van der Waals surface area contributed by atoms with Crippen LogP contribution in [0.1, 0.15) is 16.8 Å². The quantitative estimate of drug-likeness (QED) is 0.698. The van der Waals surface area contributed by atoms with Gasteiger partial charge in [0.05, 0.1) is 0 Å². The normalized spacial score (nSPS) is 19.1. The highest BCUT2D eigenvalue weighted by Crippen LogP contribution is 2.20.